The molecule has 2 N–H and O–H groups in total. The smallest absolute Gasteiger partial charge is 0.257 e. The first kappa shape index (κ1) is 22.4. The van der Waals surface area contributed by atoms with Crippen LogP contribution in [-0.2, 0) is 17.9 Å². The van der Waals surface area contributed by atoms with E-state index in [4.69, 9.17) is 13.9 Å². The molecule has 0 fully saturated rings. The van der Waals surface area contributed by atoms with E-state index in [1.165, 1.54) is 12.5 Å². The van der Waals surface area contributed by atoms with Crippen LogP contribution in [0.15, 0.2) is 45.9 Å². The normalized spacial score (nSPS) is 13.3. The minimum atomic E-state index is -0.797. The number of fused-ring (bicyclic) bond motifs is 2. The average molecular weight is 453 g/mol. The topological polar surface area (TPSA) is 112 Å². The van der Waals surface area contributed by atoms with Gasteiger partial charge in [0.25, 0.3) is 5.91 Å². The molecule has 0 bridgehead atoms. The lowest BCUT2D eigenvalue weighted by molar-refractivity contribution is -0.123. The summed E-state index contributed by atoms with van der Waals surface area (Å²) in [5.41, 5.74) is 0.193. The number of hydrogen-bond acceptors (Lipinski definition) is 6. The summed E-state index contributed by atoms with van der Waals surface area (Å²) in [6.07, 6.45) is 3.47. The first-order valence-electron chi connectivity index (χ1n) is 10.9. The van der Waals surface area contributed by atoms with Crippen LogP contribution in [0.25, 0.3) is 10.9 Å². The van der Waals surface area contributed by atoms with E-state index in [1.54, 1.807) is 24.3 Å². The van der Waals surface area contributed by atoms with E-state index in [2.05, 4.69) is 10.6 Å². The fourth-order valence-electron chi connectivity index (χ4n) is 3.85. The first-order chi connectivity index (χ1) is 15.9. The lowest BCUT2D eigenvalue weighted by Crippen LogP contribution is -2.48. The van der Waals surface area contributed by atoms with Crippen molar-refractivity contribution < 1.29 is 23.5 Å². The largest absolute Gasteiger partial charge is 0.467 e. The van der Waals surface area contributed by atoms with Gasteiger partial charge in [0.05, 0.1) is 23.7 Å². The second kappa shape index (κ2) is 9.40. The average Bonchev–Trinajstić information content (AvgIpc) is 3.47. The van der Waals surface area contributed by atoms with Gasteiger partial charge in [-0.1, -0.05) is 13.8 Å². The monoisotopic (exact) mass is 453 g/mol. The zero-order valence-electron chi connectivity index (χ0n) is 18.8. The van der Waals surface area contributed by atoms with Gasteiger partial charge >= 0.3 is 0 Å². The summed E-state index contributed by atoms with van der Waals surface area (Å²) in [4.78, 5) is 39.2. The van der Waals surface area contributed by atoms with Gasteiger partial charge in [0.1, 0.15) is 17.4 Å². The van der Waals surface area contributed by atoms with Crippen molar-refractivity contribution in [3.63, 3.8) is 0 Å². The molecule has 9 heteroatoms. The maximum absolute atomic E-state index is 13.2. The summed E-state index contributed by atoms with van der Waals surface area (Å²) in [5.74, 6) is 0.848. The van der Waals surface area contributed by atoms with Crippen LogP contribution >= 0.6 is 0 Å². The van der Waals surface area contributed by atoms with Crippen LogP contribution in [0.4, 0.5) is 0 Å². The molecule has 1 aliphatic heterocycles. The van der Waals surface area contributed by atoms with Gasteiger partial charge in [-0.2, -0.15) is 0 Å². The number of benzene rings is 1. The predicted molar refractivity (Wildman–Crippen MR) is 121 cm³/mol. The fourth-order valence-corrected chi connectivity index (χ4v) is 3.85. The molecular weight excluding hydrogens is 426 g/mol. The van der Waals surface area contributed by atoms with Crippen molar-refractivity contribution in [2.24, 2.45) is 5.92 Å². The summed E-state index contributed by atoms with van der Waals surface area (Å²) < 4.78 is 17.9. The second-order valence-electron chi connectivity index (χ2n) is 8.33. The molecule has 0 saturated heterocycles. The molecule has 3 heterocycles. The van der Waals surface area contributed by atoms with Crippen molar-refractivity contribution >= 4 is 22.7 Å². The Morgan fingerprint density at radius 3 is 2.61 bits per heavy atom. The van der Waals surface area contributed by atoms with Crippen LogP contribution < -0.4 is 25.5 Å². The number of amides is 2. The highest BCUT2D eigenvalue weighted by molar-refractivity contribution is 6.00. The Balaban J connectivity index is 1.61. The molecule has 0 saturated carbocycles. The van der Waals surface area contributed by atoms with Crippen LogP contribution in [0.2, 0.25) is 0 Å². The van der Waals surface area contributed by atoms with Crippen molar-refractivity contribution in [1.29, 1.82) is 0 Å². The van der Waals surface area contributed by atoms with E-state index in [1.807, 2.05) is 25.3 Å². The SMILES string of the molecule is CCn1cc(C(=O)NC(CC(C)C)C(=O)NCc2ccco2)c(=O)c2cc3c(cc21)OCO3. The molecular formula is C24H27N3O6. The third-order valence-corrected chi connectivity index (χ3v) is 5.51. The quantitative estimate of drug-likeness (QED) is 0.543. The van der Waals surface area contributed by atoms with E-state index in [9.17, 15) is 14.4 Å². The number of pyridine rings is 1. The van der Waals surface area contributed by atoms with E-state index in [0.29, 0.717) is 41.1 Å². The molecule has 33 heavy (non-hydrogen) atoms. The Kier molecular flexibility index (Phi) is 6.39. The first-order valence-corrected chi connectivity index (χ1v) is 10.9. The molecule has 174 valence electrons. The minimum absolute atomic E-state index is 0.0317. The molecule has 9 nitrogen and oxygen atoms in total. The number of rotatable bonds is 8. The fraction of sp³-hybridized carbons (Fsp3) is 0.375. The summed E-state index contributed by atoms with van der Waals surface area (Å²) in [7, 11) is 0. The molecule has 0 spiro atoms. The second-order valence-corrected chi connectivity index (χ2v) is 8.33. The highest BCUT2D eigenvalue weighted by Crippen LogP contribution is 2.35. The molecule has 1 atom stereocenters. The van der Waals surface area contributed by atoms with E-state index < -0.39 is 17.4 Å². The standard InChI is InChI=1S/C24H27N3O6/c1-4-27-12-17(22(28)16-9-20-21(10-19(16)27)33-13-32-20)23(29)26-18(8-14(2)3)24(30)25-11-15-6-5-7-31-15/h5-7,9-10,12,14,18H,4,8,11,13H2,1-3H3,(H,25,30)(H,26,29). The molecule has 2 amide bonds. The number of ether oxygens (including phenoxy) is 2. The highest BCUT2D eigenvalue weighted by Gasteiger charge is 2.25. The molecule has 0 radical (unpaired) electrons. The minimum Gasteiger partial charge on any atom is -0.467 e. The number of nitrogens with zero attached hydrogens (tertiary/aromatic N) is 1. The van der Waals surface area contributed by atoms with Crippen LogP contribution in [0.3, 0.4) is 0 Å². The van der Waals surface area contributed by atoms with Crippen molar-refractivity contribution in [3.8, 4) is 11.5 Å². The molecule has 4 rings (SSSR count). The van der Waals surface area contributed by atoms with Gasteiger partial charge in [-0.15, -0.1) is 0 Å². The van der Waals surface area contributed by atoms with Gasteiger partial charge in [-0.25, -0.2) is 0 Å². The van der Waals surface area contributed by atoms with Crippen molar-refractivity contribution in [2.75, 3.05) is 6.79 Å². The maximum atomic E-state index is 13.2. The van der Waals surface area contributed by atoms with Crippen LogP contribution in [0, 0.1) is 5.92 Å². The third kappa shape index (κ3) is 4.72. The van der Waals surface area contributed by atoms with Crippen molar-refractivity contribution in [2.45, 2.75) is 46.3 Å². The number of furan rings is 1. The predicted octanol–water partition coefficient (Wildman–Crippen LogP) is 2.80. The molecule has 0 aliphatic carbocycles. The summed E-state index contributed by atoms with van der Waals surface area (Å²) in [6.45, 7) is 6.67. The summed E-state index contributed by atoms with van der Waals surface area (Å²) >= 11 is 0. The van der Waals surface area contributed by atoms with Crippen LogP contribution in [-0.4, -0.2) is 29.2 Å². The molecule has 2 aromatic heterocycles. The molecule has 1 aliphatic rings. The number of aryl methyl sites for hydroxylation is 1. The summed E-state index contributed by atoms with van der Waals surface area (Å²) in [6, 6.07) is 6.04. The highest BCUT2D eigenvalue weighted by atomic mass is 16.7. The van der Waals surface area contributed by atoms with Gasteiger partial charge in [0.2, 0.25) is 18.1 Å². The van der Waals surface area contributed by atoms with Gasteiger partial charge in [0.15, 0.2) is 11.5 Å². The Morgan fingerprint density at radius 2 is 1.94 bits per heavy atom. The summed E-state index contributed by atoms with van der Waals surface area (Å²) in [5, 5.41) is 5.89. The number of hydrogen-bond donors (Lipinski definition) is 2. The third-order valence-electron chi connectivity index (χ3n) is 5.51. The van der Waals surface area contributed by atoms with Crippen LogP contribution in [0.5, 0.6) is 11.5 Å². The number of carbonyl (C=O) groups excluding carboxylic acids is 2. The Bertz CT molecular complexity index is 1230. The number of aromatic nitrogens is 1. The zero-order chi connectivity index (χ0) is 23.5. The van der Waals surface area contributed by atoms with E-state index in [-0.39, 0.29) is 30.7 Å². The van der Waals surface area contributed by atoms with Crippen molar-refractivity contribution in [1.82, 2.24) is 15.2 Å². The molecule has 3 aromatic rings. The zero-order valence-corrected chi connectivity index (χ0v) is 18.8. The lowest BCUT2D eigenvalue weighted by Gasteiger charge is -2.20. The molecule has 1 aromatic carbocycles. The molecule has 1 unspecified atom stereocenters. The van der Waals surface area contributed by atoms with Gasteiger partial charge < -0.3 is 29.1 Å². The Hall–Kier alpha value is -3.75. The lowest BCUT2D eigenvalue weighted by atomic mass is 10.0. The van der Waals surface area contributed by atoms with Crippen LogP contribution in [0.1, 0.15) is 43.3 Å². The Labute approximate surface area is 190 Å². The van der Waals surface area contributed by atoms with Crippen molar-refractivity contribution in [3.05, 3.63) is 58.3 Å². The van der Waals surface area contributed by atoms with E-state index in [0.717, 1.165) is 0 Å². The van der Waals surface area contributed by atoms with Gasteiger partial charge in [0, 0.05) is 18.8 Å². The van der Waals surface area contributed by atoms with Gasteiger partial charge in [-0.3, -0.25) is 14.4 Å². The number of carbonyl (C=O) groups is 2. The Morgan fingerprint density at radius 1 is 1.18 bits per heavy atom. The van der Waals surface area contributed by atoms with E-state index >= 15 is 0 Å². The number of nitrogens with one attached hydrogen (secondary N) is 2. The van der Waals surface area contributed by atoms with Gasteiger partial charge in [-0.05, 0) is 37.5 Å². The maximum Gasteiger partial charge on any atom is 0.257 e.